The van der Waals surface area contributed by atoms with Crippen molar-refractivity contribution in [1.29, 1.82) is 0 Å². The number of fused-ring (bicyclic) bond motifs is 7. The van der Waals surface area contributed by atoms with Gasteiger partial charge < -0.3 is 0 Å². The van der Waals surface area contributed by atoms with E-state index in [1.54, 1.807) is 33.4 Å². The van der Waals surface area contributed by atoms with E-state index in [-0.39, 0.29) is 0 Å². The highest BCUT2D eigenvalue weighted by molar-refractivity contribution is 6.00. The first-order valence-electron chi connectivity index (χ1n) is 11.5. The van der Waals surface area contributed by atoms with Crippen molar-refractivity contribution >= 4 is 10.8 Å². The van der Waals surface area contributed by atoms with Crippen molar-refractivity contribution in [3.8, 4) is 11.3 Å². The van der Waals surface area contributed by atoms with Crippen molar-refractivity contribution in [2.24, 2.45) is 0 Å². The van der Waals surface area contributed by atoms with Crippen LogP contribution in [0, 0.1) is 0 Å². The van der Waals surface area contributed by atoms with Crippen molar-refractivity contribution < 1.29 is 0 Å². The zero-order valence-corrected chi connectivity index (χ0v) is 16.8. The second-order valence-corrected chi connectivity index (χ2v) is 9.10. The zero-order valence-electron chi connectivity index (χ0n) is 16.8. The third-order valence-corrected chi connectivity index (χ3v) is 7.50. The summed E-state index contributed by atoms with van der Waals surface area (Å²) in [5.41, 5.74) is 12.4. The molecule has 3 aliphatic rings. The van der Waals surface area contributed by atoms with Crippen LogP contribution in [-0.4, -0.2) is 4.98 Å². The van der Waals surface area contributed by atoms with Gasteiger partial charge in [-0.2, -0.15) is 0 Å². The standard InChI is InChI=1S/C27H29N/c1-2-8-19-17-20(14-13-18(19)7-1)27-26-24-12-6-5-10-22(24)21-9-3-4-11-23(21)25(26)15-16-28-27/h13-17H,1-12H2. The minimum absolute atomic E-state index is 1.24. The van der Waals surface area contributed by atoms with Crippen LogP contribution in [0.15, 0.2) is 30.5 Å². The summed E-state index contributed by atoms with van der Waals surface area (Å²) in [6.07, 6.45) is 17.7. The Kier molecular flexibility index (Phi) is 4.03. The van der Waals surface area contributed by atoms with Gasteiger partial charge in [-0.15, -0.1) is 0 Å². The van der Waals surface area contributed by atoms with Crippen LogP contribution in [0.4, 0.5) is 0 Å². The van der Waals surface area contributed by atoms with Gasteiger partial charge in [0.2, 0.25) is 0 Å². The molecule has 0 amide bonds. The molecular formula is C27H29N. The molecule has 142 valence electrons. The monoisotopic (exact) mass is 367 g/mol. The number of rotatable bonds is 1. The molecule has 1 heteroatoms. The van der Waals surface area contributed by atoms with E-state index in [1.165, 1.54) is 99.1 Å². The Labute approximate surface area is 168 Å². The van der Waals surface area contributed by atoms with E-state index in [0.717, 1.165) is 0 Å². The molecular weight excluding hydrogens is 338 g/mol. The summed E-state index contributed by atoms with van der Waals surface area (Å²) in [4.78, 5) is 4.98. The number of aryl methyl sites for hydroxylation is 4. The van der Waals surface area contributed by atoms with Crippen molar-refractivity contribution in [3.63, 3.8) is 0 Å². The molecule has 2 aromatic carbocycles. The maximum atomic E-state index is 4.98. The normalized spacial score (nSPS) is 18.4. The van der Waals surface area contributed by atoms with Gasteiger partial charge >= 0.3 is 0 Å². The fraction of sp³-hybridized carbons (Fsp3) is 0.444. The van der Waals surface area contributed by atoms with Gasteiger partial charge in [0.25, 0.3) is 0 Å². The third-order valence-electron chi connectivity index (χ3n) is 7.50. The zero-order chi connectivity index (χ0) is 18.5. The second kappa shape index (κ2) is 6.72. The number of benzene rings is 2. The molecule has 3 aromatic rings. The first-order valence-corrected chi connectivity index (χ1v) is 11.5. The Balaban J connectivity index is 1.64. The fourth-order valence-electron chi connectivity index (χ4n) is 6.17. The molecule has 0 saturated carbocycles. The Morgan fingerprint density at radius 2 is 1.21 bits per heavy atom. The molecule has 28 heavy (non-hydrogen) atoms. The smallest absolute Gasteiger partial charge is 0.0783 e. The van der Waals surface area contributed by atoms with Crippen LogP contribution >= 0.6 is 0 Å². The molecule has 0 N–H and O–H groups in total. The lowest BCUT2D eigenvalue weighted by Crippen LogP contribution is -2.14. The molecule has 6 rings (SSSR count). The predicted molar refractivity (Wildman–Crippen MR) is 117 cm³/mol. The van der Waals surface area contributed by atoms with Crippen molar-refractivity contribution in [3.05, 3.63) is 63.8 Å². The largest absolute Gasteiger partial charge is 0.256 e. The molecule has 0 bridgehead atoms. The lowest BCUT2D eigenvalue weighted by Gasteiger charge is -2.29. The fourth-order valence-corrected chi connectivity index (χ4v) is 6.17. The van der Waals surface area contributed by atoms with E-state index >= 15 is 0 Å². The molecule has 0 atom stereocenters. The minimum Gasteiger partial charge on any atom is -0.256 e. The molecule has 0 aliphatic heterocycles. The lowest BCUT2D eigenvalue weighted by atomic mass is 9.76. The van der Waals surface area contributed by atoms with Gasteiger partial charge in [-0.25, -0.2) is 0 Å². The number of hydrogen-bond acceptors (Lipinski definition) is 1. The van der Waals surface area contributed by atoms with E-state index in [0.29, 0.717) is 0 Å². The molecule has 0 saturated heterocycles. The summed E-state index contributed by atoms with van der Waals surface area (Å²) in [5.74, 6) is 0. The number of hydrogen-bond donors (Lipinski definition) is 0. The highest BCUT2D eigenvalue weighted by Gasteiger charge is 2.25. The van der Waals surface area contributed by atoms with E-state index in [1.807, 2.05) is 0 Å². The van der Waals surface area contributed by atoms with Gasteiger partial charge in [0, 0.05) is 17.1 Å². The second-order valence-electron chi connectivity index (χ2n) is 9.10. The first-order chi connectivity index (χ1) is 13.9. The maximum Gasteiger partial charge on any atom is 0.0783 e. The molecule has 1 nitrogen and oxygen atoms in total. The maximum absolute atomic E-state index is 4.98. The number of nitrogens with zero attached hydrogens (tertiary/aromatic N) is 1. The van der Waals surface area contributed by atoms with Crippen LogP contribution in [0.25, 0.3) is 22.0 Å². The molecule has 0 unspecified atom stereocenters. The summed E-state index contributed by atoms with van der Waals surface area (Å²) >= 11 is 0. The van der Waals surface area contributed by atoms with Crippen LogP contribution in [0.2, 0.25) is 0 Å². The molecule has 3 aliphatic carbocycles. The minimum atomic E-state index is 1.24. The molecule has 1 heterocycles. The van der Waals surface area contributed by atoms with Gasteiger partial charge in [0.15, 0.2) is 0 Å². The van der Waals surface area contributed by atoms with Crippen LogP contribution in [0.5, 0.6) is 0 Å². The van der Waals surface area contributed by atoms with Crippen molar-refractivity contribution in [2.75, 3.05) is 0 Å². The Morgan fingerprint density at radius 1 is 0.571 bits per heavy atom. The summed E-state index contributed by atoms with van der Waals surface area (Å²) < 4.78 is 0. The average Bonchev–Trinajstić information content (AvgIpc) is 2.78. The molecule has 1 aromatic heterocycles. The van der Waals surface area contributed by atoms with Gasteiger partial charge in [0.05, 0.1) is 5.69 Å². The van der Waals surface area contributed by atoms with Gasteiger partial charge in [-0.1, -0.05) is 12.1 Å². The average molecular weight is 368 g/mol. The third kappa shape index (κ3) is 2.55. The topological polar surface area (TPSA) is 12.9 Å². The SMILES string of the molecule is c1cc2c3c(c4c(c2c(-c2ccc5c(c2)CCCC5)n1)CCCC4)CCCC3. The molecule has 0 fully saturated rings. The van der Waals surface area contributed by atoms with Crippen LogP contribution in [0.1, 0.15) is 71.9 Å². The number of aromatic nitrogens is 1. The quantitative estimate of drug-likeness (QED) is 0.476. The van der Waals surface area contributed by atoms with E-state index in [9.17, 15) is 0 Å². The summed E-state index contributed by atoms with van der Waals surface area (Å²) in [7, 11) is 0. The molecule has 0 spiro atoms. The Bertz CT molecular complexity index is 1080. The van der Waals surface area contributed by atoms with E-state index < -0.39 is 0 Å². The van der Waals surface area contributed by atoms with Crippen LogP contribution in [0.3, 0.4) is 0 Å². The van der Waals surface area contributed by atoms with E-state index in [2.05, 4.69) is 30.5 Å². The summed E-state index contributed by atoms with van der Waals surface area (Å²) in [6.45, 7) is 0. The van der Waals surface area contributed by atoms with Gasteiger partial charge in [0.1, 0.15) is 0 Å². The summed E-state index contributed by atoms with van der Waals surface area (Å²) in [6, 6.07) is 9.51. The van der Waals surface area contributed by atoms with Gasteiger partial charge in [-0.05, 0) is 128 Å². The lowest BCUT2D eigenvalue weighted by molar-refractivity contribution is 0.647. The highest BCUT2D eigenvalue weighted by Crippen LogP contribution is 2.42. The van der Waals surface area contributed by atoms with Crippen molar-refractivity contribution in [2.45, 2.75) is 77.0 Å². The van der Waals surface area contributed by atoms with Crippen LogP contribution in [-0.2, 0) is 38.5 Å². The van der Waals surface area contributed by atoms with Crippen LogP contribution < -0.4 is 0 Å². The van der Waals surface area contributed by atoms with Gasteiger partial charge in [-0.3, -0.25) is 4.98 Å². The first kappa shape index (κ1) is 16.8. The Morgan fingerprint density at radius 3 is 2.04 bits per heavy atom. The molecule has 0 radical (unpaired) electrons. The number of pyridine rings is 1. The van der Waals surface area contributed by atoms with E-state index in [4.69, 9.17) is 4.98 Å². The summed E-state index contributed by atoms with van der Waals surface area (Å²) in [5, 5.41) is 3.01. The predicted octanol–water partition coefficient (Wildman–Crippen LogP) is 6.54. The van der Waals surface area contributed by atoms with Crippen molar-refractivity contribution in [1.82, 2.24) is 4.98 Å². The highest BCUT2D eigenvalue weighted by atomic mass is 14.7. The Hall–Kier alpha value is -2.15.